The van der Waals surface area contributed by atoms with E-state index in [0.29, 0.717) is 18.0 Å². The fourth-order valence-electron chi connectivity index (χ4n) is 3.30. The highest BCUT2D eigenvalue weighted by Crippen LogP contribution is 2.38. The Kier molecular flexibility index (Phi) is 4.08. The van der Waals surface area contributed by atoms with Crippen LogP contribution in [0.3, 0.4) is 0 Å². The van der Waals surface area contributed by atoms with Gasteiger partial charge in [-0.15, -0.1) is 0 Å². The van der Waals surface area contributed by atoms with E-state index in [0.717, 1.165) is 25.3 Å². The Hall–Kier alpha value is -0.570. The van der Waals surface area contributed by atoms with Crippen molar-refractivity contribution in [1.29, 1.82) is 0 Å². The standard InChI is InChI=1S/C12H20N2O.C2H6/c1-13-7-6-11-9(8-13)2-5-12(15)14(11)10-3-4-10;1-2/h9-11H,2-8H2,1H3;1-2H3. The van der Waals surface area contributed by atoms with E-state index in [4.69, 9.17) is 0 Å². The van der Waals surface area contributed by atoms with Gasteiger partial charge in [-0.3, -0.25) is 4.79 Å². The zero-order chi connectivity index (χ0) is 12.4. The van der Waals surface area contributed by atoms with Crippen LogP contribution in [-0.4, -0.2) is 47.9 Å². The highest BCUT2D eigenvalue weighted by Gasteiger charge is 2.44. The minimum absolute atomic E-state index is 0.434. The molecule has 2 heterocycles. The zero-order valence-electron chi connectivity index (χ0n) is 11.5. The first-order chi connectivity index (χ1) is 8.25. The van der Waals surface area contributed by atoms with E-state index in [2.05, 4.69) is 16.8 Å². The molecule has 3 aliphatic rings. The molecule has 98 valence electrons. The molecule has 3 nitrogen and oxygen atoms in total. The fourth-order valence-corrected chi connectivity index (χ4v) is 3.30. The molecule has 2 atom stereocenters. The summed E-state index contributed by atoms with van der Waals surface area (Å²) in [5, 5.41) is 0. The molecule has 3 heteroatoms. The Bertz CT molecular complexity index is 275. The first-order valence-electron chi connectivity index (χ1n) is 7.25. The number of amides is 1. The number of carbonyl (C=O) groups excluding carboxylic acids is 1. The monoisotopic (exact) mass is 238 g/mol. The minimum Gasteiger partial charge on any atom is -0.336 e. The van der Waals surface area contributed by atoms with Crippen molar-refractivity contribution in [3.05, 3.63) is 0 Å². The number of likely N-dealkylation sites (tertiary alicyclic amines) is 2. The summed E-state index contributed by atoms with van der Waals surface area (Å²) in [6.07, 6.45) is 5.63. The molecule has 2 aliphatic heterocycles. The highest BCUT2D eigenvalue weighted by atomic mass is 16.2. The Labute approximate surface area is 105 Å². The summed E-state index contributed by atoms with van der Waals surface area (Å²) in [6, 6.07) is 1.20. The van der Waals surface area contributed by atoms with Gasteiger partial charge in [-0.25, -0.2) is 0 Å². The number of hydrogen-bond acceptors (Lipinski definition) is 2. The van der Waals surface area contributed by atoms with Crippen molar-refractivity contribution in [2.75, 3.05) is 20.1 Å². The molecule has 0 aromatic rings. The van der Waals surface area contributed by atoms with Crippen LogP contribution in [0.5, 0.6) is 0 Å². The third-order valence-electron chi connectivity index (χ3n) is 4.21. The van der Waals surface area contributed by atoms with Crippen LogP contribution in [0.4, 0.5) is 0 Å². The second-order valence-corrected chi connectivity index (χ2v) is 5.45. The number of nitrogens with zero attached hydrogens (tertiary/aromatic N) is 2. The Morgan fingerprint density at radius 1 is 1.12 bits per heavy atom. The molecule has 17 heavy (non-hydrogen) atoms. The molecule has 1 amide bonds. The Morgan fingerprint density at radius 3 is 2.47 bits per heavy atom. The molecule has 3 fully saturated rings. The lowest BCUT2D eigenvalue weighted by atomic mass is 9.83. The Morgan fingerprint density at radius 2 is 1.82 bits per heavy atom. The van der Waals surface area contributed by atoms with E-state index in [1.807, 2.05) is 13.8 Å². The van der Waals surface area contributed by atoms with Crippen molar-refractivity contribution in [2.24, 2.45) is 5.92 Å². The SMILES string of the molecule is CC.CN1CCC2C(CCC(=O)N2C2CC2)C1. The quantitative estimate of drug-likeness (QED) is 0.698. The normalized spacial score (nSPS) is 33.8. The summed E-state index contributed by atoms with van der Waals surface area (Å²) in [4.78, 5) is 16.6. The van der Waals surface area contributed by atoms with Gasteiger partial charge in [-0.2, -0.15) is 0 Å². The van der Waals surface area contributed by atoms with Crippen molar-refractivity contribution < 1.29 is 4.79 Å². The summed E-state index contributed by atoms with van der Waals surface area (Å²) >= 11 is 0. The summed E-state index contributed by atoms with van der Waals surface area (Å²) in [6.45, 7) is 6.36. The molecule has 2 saturated heterocycles. The molecule has 0 radical (unpaired) electrons. The average Bonchev–Trinajstić information content (AvgIpc) is 3.16. The lowest BCUT2D eigenvalue weighted by Gasteiger charge is -2.46. The molecule has 0 bridgehead atoms. The van der Waals surface area contributed by atoms with E-state index >= 15 is 0 Å². The third kappa shape index (κ3) is 2.65. The Balaban J connectivity index is 0.000000514. The van der Waals surface area contributed by atoms with Gasteiger partial charge in [0.05, 0.1) is 0 Å². The maximum Gasteiger partial charge on any atom is 0.223 e. The largest absolute Gasteiger partial charge is 0.336 e. The molecule has 1 aliphatic carbocycles. The fraction of sp³-hybridized carbons (Fsp3) is 0.929. The minimum atomic E-state index is 0.434. The molecule has 1 saturated carbocycles. The van der Waals surface area contributed by atoms with Crippen LogP contribution in [0.15, 0.2) is 0 Å². The topological polar surface area (TPSA) is 23.6 Å². The number of fused-ring (bicyclic) bond motifs is 1. The summed E-state index contributed by atoms with van der Waals surface area (Å²) in [5.41, 5.74) is 0. The van der Waals surface area contributed by atoms with Gasteiger partial charge in [0.2, 0.25) is 5.91 Å². The van der Waals surface area contributed by atoms with Crippen molar-refractivity contribution >= 4 is 5.91 Å². The van der Waals surface area contributed by atoms with Crippen LogP contribution >= 0.6 is 0 Å². The molecular formula is C14H26N2O. The molecule has 0 aromatic heterocycles. The molecule has 2 unspecified atom stereocenters. The molecule has 0 spiro atoms. The second-order valence-electron chi connectivity index (χ2n) is 5.45. The van der Waals surface area contributed by atoms with Crippen LogP contribution in [0, 0.1) is 5.92 Å². The van der Waals surface area contributed by atoms with E-state index in [1.165, 1.54) is 25.8 Å². The van der Waals surface area contributed by atoms with Gasteiger partial charge < -0.3 is 9.80 Å². The number of piperidine rings is 2. The van der Waals surface area contributed by atoms with E-state index < -0.39 is 0 Å². The highest BCUT2D eigenvalue weighted by molar-refractivity contribution is 5.78. The van der Waals surface area contributed by atoms with Gasteiger partial charge in [0.15, 0.2) is 0 Å². The van der Waals surface area contributed by atoms with E-state index in [9.17, 15) is 4.79 Å². The summed E-state index contributed by atoms with van der Waals surface area (Å²) in [5.74, 6) is 1.19. The summed E-state index contributed by atoms with van der Waals surface area (Å²) < 4.78 is 0. The van der Waals surface area contributed by atoms with E-state index in [1.54, 1.807) is 0 Å². The van der Waals surface area contributed by atoms with Gasteiger partial charge in [0, 0.05) is 25.0 Å². The zero-order valence-corrected chi connectivity index (χ0v) is 11.5. The maximum absolute atomic E-state index is 11.9. The van der Waals surface area contributed by atoms with Crippen LogP contribution in [0.1, 0.15) is 46.0 Å². The number of carbonyl (C=O) groups is 1. The second kappa shape index (κ2) is 5.38. The lowest BCUT2D eigenvalue weighted by molar-refractivity contribution is -0.141. The van der Waals surface area contributed by atoms with Gasteiger partial charge in [0.25, 0.3) is 0 Å². The number of rotatable bonds is 1. The molecule has 0 N–H and O–H groups in total. The summed E-state index contributed by atoms with van der Waals surface area (Å²) in [7, 11) is 2.20. The van der Waals surface area contributed by atoms with Crippen LogP contribution in [0.2, 0.25) is 0 Å². The first-order valence-corrected chi connectivity index (χ1v) is 7.25. The maximum atomic E-state index is 11.9. The van der Waals surface area contributed by atoms with Crippen molar-refractivity contribution in [3.8, 4) is 0 Å². The lowest BCUT2D eigenvalue weighted by Crippen LogP contribution is -2.56. The van der Waals surface area contributed by atoms with Gasteiger partial charge in [-0.1, -0.05) is 13.8 Å². The van der Waals surface area contributed by atoms with Gasteiger partial charge >= 0.3 is 0 Å². The van der Waals surface area contributed by atoms with Gasteiger partial charge in [0.1, 0.15) is 0 Å². The third-order valence-corrected chi connectivity index (χ3v) is 4.21. The van der Waals surface area contributed by atoms with Crippen molar-refractivity contribution in [3.63, 3.8) is 0 Å². The van der Waals surface area contributed by atoms with Crippen molar-refractivity contribution in [1.82, 2.24) is 9.80 Å². The molecular weight excluding hydrogens is 212 g/mol. The number of hydrogen-bond donors (Lipinski definition) is 0. The van der Waals surface area contributed by atoms with Gasteiger partial charge in [-0.05, 0) is 45.2 Å². The smallest absolute Gasteiger partial charge is 0.223 e. The molecule has 0 aromatic carbocycles. The molecule has 3 rings (SSSR count). The van der Waals surface area contributed by atoms with Crippen LogP contribution < -0.4 is 0 Å². The van der Waals surface area contributed by atoms with Crippen LogP contribution in [-0.2, 0) is 4.79 Å². The van der Waals surface area contributed by atoms with Crippen molar-refractivity contribution in [2.45, 2.75) is 58.0 Å². The average molecular weight is 238 g/mol. The van der Waals surface area contributed by atoms with Crippen LogP contribution in [0.25, 0.3) is 0 Å². The first kappa shape index (κ1) is 12.9. The predicted octanol–water partition coefficient (Wildman–Crippen LogP) is 2.12. The predicted molar refractivity (Wildman–Crippen MR) is 69.8 cm³/mol. The van der Waals surface area contributed by atoms with E-state index in [-0.39, 0.29) is 0 Å².